The Labute approximate surface area is 129 Å². The third-order valence-electron chi connectivity index (χ3n) is 4.31. The summed E-state index contributed by atoms with van der Waals surface area (Å²) in [6.07, 6.45) is 5.64. The van der Waals surface area contributed by atoms with Gasteiger partial charge in [0.2, 0.25) is 0 Å². The van der Waals surface area contributed by atoms with E-state index in [9.17, 15) is 4.79 Å². The van der Waals surface area contributed by atoms with E-state index in [1.165, 1.54) is 9.88 Å². The molecule has 1 fully saturated rings. The van der Waals surface area contributed by atoms with Crippen molar-refractivity contribution in [3.05, 3.63) is 27.4 Å². The molecule has 0 aliphatic carbocycles. The van der Waals surface area contributed by atoms with Crippen molar-refractivity contribution in [3.8, 4) is 0 Å². The molecular formula is C16H22N2O2S. The Morgan fingerprint density at radius 2 is 2.29 bits per heavy atom. The van der Waals surface area contributed by atoms with Gasteiger partial charge in [-0.05, 0) is 39.5 Å². The molecule has 0 spiro atoms. The molecule has 2 aliphatic rings. The summed E-state index contributed by atoms with van der Waals surface area (Å²) in [5, 5.41) is 1.19. The van der Waals surface area contributed by atoms with Gasteiger partial charge in [0, 0.05) is 23.9 Å². The van der Waals surface area contributed by atoms with Crippen LogP contribution in [0, 0.1) is 13.8 Å². The zero-order valence-corrected chi connectivity index (χ0v) is 13.5. The molecule has 2 aliphatic heterocycles. The highest BCUT2D eigenvalue weighted by Gasteiger charge is 2.29. The highest BCUT2D eigenvalue weighted by molar-refractivity contribution is 7.11. The highest BCUT2D eigenvalue weighted by atomic mass is 32.1. The van der Waals surface area contributed by atoms with Crippen LogP contribution in [0.5, 0.6) is 0 Å². The van der Waals surface area contributed by atoms with E-state index in [0.717, 1.165) is 56.6 Å². The number of carbonyl (C=O) groups excluding carboxylic acids is 1. The van der Waals surface area contributed by atoms with Crippen LogP contribution in [-0.2, 0) is 9.53 Å². The number of amides is 1. The SMILES string of the molecule is Cc1nc(C2CCCN(C(=O)C3=COCCC3)C2)sc1C. The lowest BCUT2D eigenvalue weighted by Crippen LogP contribution is -2.40. The number of aryl methyl sites for hydroxylation is 2. The van der Waals surface area contributed by atoms with Crippen LogP contribution in [-0.4, -0.2) is 35.5 Å². The summed E-state index contributed by atoms with van der Waals surface area (Å²) in [7, 11) is 0. The second-order valence-electron chi connectivity index (χ2n) is 5.90. The first kappa shape index (κ1) is 14.6. The minimum Gasteiger partial charge on any atom is -0.501 e. The molecule has 0 N–H and O–H groups in total. The van der Waals surface area contributed by atoms with Crippen molar-refractivity contribution in [2.75, 3.05) is 19.7 Å². The van der Waals surface area contributed by atoms with E-state index >= 15 is 0 Å². The van der Waals surface area contributed by atoms with E-state index in [1.807, 2.05) is 4.90 Å². The first-order valence-electron chi connectivity index (χ1n) is 7.69. The predicted octanol–water partition coefficient (Wildman–Crippen LogP) is 3.16. The summed E-state index contributed by atoms with van der Waals surface area (Å²) in [5.74, 6) is 0.551. The zero-order valence-electron chi connectivity index (χ0n) is 12.7. The number of ether oxygens (including phenoxy) is 1. The highest BCUT2D eigenvalue weighted by Crippen LogP contribution is 2.32. The first-order valence-corrected chi connectivity index (χ1v) is 8.50. The molecule has 21 heavy (non-hydrogen) atoms. The number of thiazole rings is 1. The van der Waals surface area contributed by atoms with Crippen LogP contribution in [0.15, 0.2) is 11.8 Å². The lowest BCUT2D eigenvalue weighted by molar-refractivity contribution is -0.128. The molecule has 3 heterocycles. The van der Waals surface area contributed by atoms with Crippen molar-refractivity contribution in [1.82, 2.24) is 9.88 Å². The Kier molecular flexibility index (Phi) is 4.29. The molecule has 0 radical (unpaired) electrons. The Hall–Kier alpha value is -1.36. The second-order valence-corrected chi connectivity index (χ2v) is 7.14. The van der Waals surface area contributed by atoms with Gasteiger partial charge in [0.1, 0.15) is 0 Å². The predicted molar refractivity (Wildman–Crippen MR) is 83.4 cm³/mol. The zero-order chi connectivity index (χ0) is 14.8. The van der Waals surface area contributed by atoms with Crippen LogP contribution < -0.4 is 0 Å². The summed E-state index contributed by atoms with van der Waals surface area (Å²) in [5.41, 5.74) is 1.95. The lowest BCUT2D eigenvalue weighted by atomic mass is 9.97. The van der Waals surface area contributed by atoms with Gasteiger partial charge in [-0.1, -0.05) is 0 Å². The normalized spacial score (nSPS) is 22.7. The number of aromatic nitrogens is 1. The van der Waals surface area contributed by atoms with E-state index < -0.39 is 0 Å². The van der Waals surface area contributed by atoms with Crippen LogP contribution in [0.2, 0.25) is 0 Å². The van der Waals surface area contributed by atoms with E-state index in [2.05, 4.69) is 18.8 Å². The third-order valence-corrected chi connectivity index (χ3v) is 5.55. The number of piperidine rings is 1. The quantitative estimate of drug-likeness (QED) is 0.843. The second kappa shape index (κ2) is 6.18. The maximum atomic E-state index is 12.6. The number of nitrogens with zero attached hydrogens (tertiary/aromatic N) is 2. The average molecular weight is 306 g/mol. The average Bonchev–Trinajstić information content (AvgIpc) is 2.87. The maximum absolute atomic E-state index is 12.6. The van der Waals surface area contributed by atoms with Gasteiger partial charge in [-0.3, -0.25) is 4.79 Å². The largest absolute Gasteiger partial charge is 0.501 e. The van der Waals surface area contributed by atoms with Crippen LogP contribution in [0.4, 0.5) is 0 Å². The number of hydrogen-bond donors (Lipinski definition) is 0. The first-order chi connectivity index (χ1) is 10.1. The minimum atomic E-state index is 0.157. The van der Waals surface area contributed by atoms with Crippen molar-refractivity contribution in [3.63, 3.8) is 0 Å². The van der Waals surface area contributed by atoms with Crippen molar-refractivity contribution >= 4 is 17.2 Å². The lowest BCUT2D eigenvalue weighted by Gasteiger charge is -2.32. The fourth-order valence-corrected chi connectivity index (χ4v) is 4.01. The standard InChI is InChI=1S/C16H22N2O2S/c1-11-12(2)21-15(17-11)13-5-3-7-18(9-13)16(19)14-6-4-8-20-10-14/h10,13H,3-9H2,1-2H3. The third kappa shape index (κ3) is 3.12. The number of carbonyl (C=O) groups is 1. The minimum absolute atomic E-state index is 0.157. The molecule has 1 atom stereocenters. The van der Waals surface area contributed by atoms with Crippen LogP contribution in [0.25, 0.3) is 0 Å². The molecule has 5 heteroatoms. The van der Waals surface area contributed by atoms with Gasteiger partial charge in [-0.25, -0.2) is 4.98 Å². The van der Waals surface area contributed by atoms with Gasteiger partial charge in [0.25, 0.3) is 5.91 Å². The molecular weight excluding hydrogens is 284 g/mol. The van der Waals surface area contributed by atoms with Gasteiger partial charge in [0.05, 0.1) is 29.1 Å². The van der Waals surface area contributed by atoms with E-state index in [-0.39, 0.29) is 5.91 Å². The topological polar surface area (TPSA) is 42.4 Å². The molecule has 1 saturated heterocycles. The van der Waals surface area contributed by atoms with Gasteiger partial charge < -0.3 is 9.64 Å². The molecule has 0 bridgehead atoms. The molecule has 114 valence electrons. The molecule has 1 aromatic rings. The Morgan fingerprint density at radius 3 is 2.95 bits per heavy atom. The van der Waals surface area contributed by atoms with Gasteiger partial charge >= 0.3 is 0 Å². The molecule has 0 saturated carbocycles. The fraction of sp³-hybridized carbons (Fsp3) is 0.625. The molecule has 3 rings (SSSR count). The molecule has 1 aromatic heterocycles. The molecule has 4 nitrogen and oxygen atoms in total. The summed E-state index contributed by atoms with van der Waals surface area (Å²) in [6, 6.07) is 0. The number of likely N-dealkylation sites (tertiary alicyclic amines) is 1. The Balaban J connectivity index is 1.70. The molecule has 0 aromatic carbocycles. The smallest absolute Gasteiger partial charge is 0.252 e. The summed E-state index contributed by atoms with van der Waals surface area (Å²) in [4.78, 5) is 20.5. The van der Waals surface area contributed by atoms with Crippen molar-refractivity contribution in [2.24, 2.45) is 0 Å². The maximum Gasteiger partial charge on any atom is 0.252 e. The number of hydrogen-bond acceptors (Lipinski definition) is 4. The van der Waals surface area contributed by atoms with Gasteiger partial charge in [-0.2, -0.15) is 0 Å². The van der Waals surface area contributed by atoms with Crippen molar-refractivity contribution in [2.45, 2.75) is 45.4 Å². The summed E-state index contributed by atoms with van der Waals surface area (Å²) in [6.45, 7) is 6.56. The van der Waals surface area contributed by atoms with Crippen LogP contribution >= 0.6 is 11.3 Å². The van der Waals surface area contributed by atoms with Crippen LogP contribution in [0.1, 0.15) is 47.2 Å². The van der Waals surface area contributed by atoms with Crippen molar-refractivity contribution in [1.29, 1.82) is 0 Å². The van der Waals surface area contributed by atoms with Crippen LogP contribution in [0.3, 0.4) is 0 Å². The fourth-order valence-electron chi connectivity index (χ4n) is 2.96. The Bertz CT molecular complexity index is 545. The molecule has 1 unspecified atom stereocenters. The van der Waals surface area contributed by atoms with E-state index in [1.54, 1.807) is 17.6 Å². The summed E-state index contributed by atoms with van der Waals surface area (Å²) >= 11 is 1.78. The Morgan fingerprint density at radius 1 is 1.43 bits per heavy atom. The number of rotatable bonds is 2. The van der Waals surface area contributed by atoms with Crippen molar-refractivity contribution < 1.29 is 9.53 Å². The van der Waals surface area contributed by atoms with Gasteiger partial charge in [0.15, 0.2) is 0 Å². The monoisotopic (exact) mass is 306 g/mol. The van der Waals surface area contributed by atoms with E-state index in [4.69, 9.17) is 4.74 Å². The van der Waals surface area contributed by atoms with Gasteiger partial charge in [-0.15, -0.1) is 11.3 Å². The summed E-state index contributed by atoms with van der Waals surface area (Å²) < 4.78 is 5.30. The van der Waals surface area contributed by atoms with E-state index in [0.29, 0.717) is 5.92 Å². The molecule has 1 amide bonds.